The molecular weight excluding hydrogens is 383 g/mol. The number of nitrogens with zero attached hydrogens (tertiary/aromatic N) is 4. The van der Waals surface area contributed by atoms with Crippen molar-refractivity contribution in [3.8, 4) is 5.69 Å². The molecule has 1 aliphatic heterocycles. The average molecular weight is 409 g/mol. The van der Waals surface area contributed by atoms with E-state index in [1.165, 1.54) is 16.9 Å². The summed E-state index contributed by atoms with van der Waals surface area (Å²) in [7, 11) is 3.75. The van der Waals surface area contributed by atoms with Gasteiger partial charge in [0.25, 0.3) is 0 Å². The van der Waals surface area contributed by atoms with Crippen molar-refractivity contribution in [1.82, 2.24) is 19.6 Å². The van der Waals surface area contributed by atoms with Gasteiger partial charge in [-0.15, -0.1) is 0 Å². The number of aromatic nitrogens is 2. The molecule has 2 amide bonds. The molecule has 3 rings (SSSR count). The van der Waals surface area contributed by atoms with E-state index in [-0.39, 0.29) is 11.7 Å². The third-order valence-electron chi connectivity index (χ3n) is 5.69. The molecule has 1 aliphatic rings. The third-order valence-corrected chi connectivity index (χ3v) is 5.69. The highest BCUT2D eigenvalue weighted by molar-refractivity contribution is 5.91. The molecule has 0 aliphatic carbocycles. The maximum atomic E-state index is 13.2. The Hall–Kier alpha value is -2.55. The molecule has 0 radical (unpaired) electrons. The second kappa shape index (κ2) is 8.44. The molecule has 158 valence electrons. The van der Waals surface area contributed by atoms with Gasteiger partial charge in [0.15, 0.2) is 0 Å². The number of likely N-dealkylation sites (tertiary alicyclic amines) is 1. The van der Waals surface area contributed by atoms with Crippen molar-refractivity contribution in [2.24, 2.45) is 5.92 Å². The van der Waals surface area contributed by atoms with Crippen molar-refractivity contribution in [3.05, 3.63) is 42.2 Å². The zero-order valence-electron chi connectivity index (χ0n) is 16.8. The topological polar surface area (TPSA) is 53.4 Å². The van der Waals surface area contributed by atoms with Crippen LogP contribution in [0.2, 0.25) is 0 Å². The first-order valence-electron chi connectivity index (χ1n) is 9.60. The molecule has 1 atom stereocenters. The molecule has 2 aromatic rings. The van der Waals surface area contributed by atoms with E-state index in [4.69, 9.17) is 0 Å². The summed E-state index contributed by atoms with van der Waals surface area (Å²) in [5.41, 5.74) is -0.387. The van der Waals surface area contributed by atoms with Crippen molar-refractivity contribution in [1.29, 1.82) is 0 Å². The molecule has 9 heteroatoms. The number of carbonyl (C=O) groups excluding carboxylic acids is 1. The van der Waals surface area contributed by atoms with Gasteiger partial charge < -0.3 is 15.1 Å². The number of nitrogens with one attached hydrogen (secondary N) is 1. The summed E-state index contributed by atoms with van der Waals surface area (Å²) in [5, 5.41) is 6.73. The molecule has 1 N–H and O–H groups in total. The number of carbonyl (C=O) groups is 1. The van der Waals surface area contributed by atoms with Crippen LogP contribution in [0.3, 0.4) is 0 Å². The van der Waals surface area contributed by atoms with Crippen molar-refractivity contribution in [3.63, 3.8) is 0 Å². The number of amides is 2. The minimum atomic E-state index is -4.50. The molecular formula is C20H26F3N5O. The van der Waals surface area contributed by atoms with Crippen LogP contribution in [-0.2, 0) is 6.18 Å². The lowest BCUT2D eigenvalue weighted by molar-refractivity contribution is -0.137. The predicted molar refractivity (Wildman–Crippen MR) is 105 cm³/mol. The van der Waals surface area contributed by atoms with Crippen LogP contribution in [0, 0.1) is 5.92 Å². The van der Waals surface area contributed by atoms with Crippen LogP contribution in [0.25, 0.3) is 5.69 Å². The summed E-state index contributed by atoms with van der Waals surface area (Å²) in [6.45, 7) is 3.93. The number of piperidine rings is 1. The quantitative estimate of drug-likeness (QED) is 0.828. The molecule has 0 spiro atoms. The van der Waals surface area contributed by atoms with E-state index in [9.17, 15) is 18.0 Å². The van der Waals surface area contributed by atoms with Gasteiger partial charge in [0.1, 0.15) is 0 Å². The number of rotatable bonds is 4. The molecule has 1 aromatic carbocycles. The third kappa shape index (κ3) is 4.90. The molecule has 0 bridgehead atoms. The monoisotopic (exact) mass is 409 g/mol. The maximum Gasteiger partial charge on any atom is 0.416 e. The van der Waals surface area contributed by atoms with Crippen molar-refractivity contribution in [2.45, 2.75) is 32.0 Å². The fraction of sp³-hybridized carbons (Fsp3) is 0.500. The fourth-order valence-electron chi connectivity index (χ4n) is 3.64. The highest BCUT2D eigenvalue weighted by Crippen LogP contribution is 2.33. The minimum absolute atomic E-state index is 0.0253. The van der Waals surface area contributed by atoms with Crippen LogP contribution in [0.1, 0.15) is 25.3 Å². The Bertz CT molecular complexity index is 829. The molecule has 0 saturated carbocycles. The largest absolute Gasteiger partial charge is 0.416 e. The van der Waals surface area contributed by atoms with Gasteiger partial charge in [-0.2, -0.15) is 18.3 Å². The van der Waals surface area contributed by atoms with Crippen LogP contribution in [0.5, 0.6) is 0 Å². The number of urea groups is 1. The van der Waals surface area contributed by atoms with Gasteiger partial charge in [0, 0.05) is 25.5 Å². The number of benzene rings is 1. The Morgan fingerprint density at radius 2 is 2.00 bits per heavy atom. The van der Waals surface area contributed by atoms with Gasteiger partial charge in [0.05, 0.1) is 16.9 Å². The second-order valence-electron chi connectivity index (χ2n) is 7.60. The fourth-order valence-corrected chi connectivity index (χ4v) is 3.64. The first kappa shape index (κ1) is 21.2. The van der Waals surface area contributed by atoms with Gasteiger partial charge in [0.2, 0.25) is 0 Å². The number of halogens is 3. The summed E-state index contributed by atoms with van der Waals surface area (Å²) < 4.78 is 41.0. The van der Waals surface area contributed by atoms with E-state index < -0.39 is 17.8 Å². The van der Waals surface area contributed by atoms with Crippen molar-refractivity contribution in [2.75, 3.05) is 32.5 Å². The summed E-state index contributed by atoms with van der Waals surface area (Å²) >= 11 is 0. The molecule has 1 saturated heterocycles. The van der Waals surface area contributed by atoms with Gasteiger partial charge in [-0.05, 0) is 70.1 Å². The Kier molecular flexibility index (Phi) is 6.16. The summed E-state index contributed by atoms with van der Waals surface area (Å²) in [5.74, 6) is 0.356. The number of hydrogen-bond donors (Lipinski definition) is 1. The Labute approximate surface area is 168 Å². The molecule has 6 nitrogen and oxygen atoms in total. The van der Waals surface area contributed by atoms with E-state index in [2.05, 4.69) is 22.4 Å². The smallest absolute Gasteiger partial charge is 0.325 e. The van der Waals surface area contributed by atoms with E-state index in [1.807, 2.05) is 6.92 Å². The Balaban J connectivity index is 1.81. The van der Waals surface area contributed by atoms with Crippen LogP contribution in [-0.4, -0.2) is 58.8 Å². The van der Waals surface area contributed by atoms with Crippen molar-refractivity contribution < 1.29 is 18.0 Å². The molecule has 0 unspecified atom stereocenters. The first-order chi connectivity index (χ1) is 13.7. The number of anilines is 1. The predicted octanol–water partition coefficient (Wildman–Crippen LogP) is 4.09. The average Bonchev–Trinajstić information content (AvgIpc) is 3.21. The van der Waals surface area contributed by atoms with E-state index in [0.717, 1.165) is 38.1 Å². The van der Waals surface area contributed by atoms with Crippen molar-refractivity contribution >= 4 is 11.7 Å². The SMILES string of the molecule is C[C@@H](C1CCN(C)CC1)N(C)C(=O)Nc1cc(C(F)(F)F)ccc1-n1cccn1. The van der Waals surface area contributed by atoms with Gasteiger partial charge >= 0.3 is 12.2 Å². The Morgan fingerprint density at radius 1 is 1.31 bits per heavy atom. The molecule has 2 heterocycles. The minimum Gasteiger partial charge on any atom is -0.325 e. The summed E-state index contributed by atoms with van der Waals surface area (Å²) in [6.07, 6.45) is 0.602. The highest BCUT2D eigenvalue weighted by atomic mass is 19.4. The second-order valence-corrected chi connectivity index (χ2v) is 7.60. The normalized spacial score (nSPS) is 17.2. The van der Waals surface area contributed by atoms with E-state index in [0.29, 0.717) is 11.6 Å². The van der Waals surface area contributed by atoms with E-state index >= 15 is 0 Å². The summed E-state index contributed by atoms with van der Waals surface area (Å²) in [4.78, 5) is 16.7. The number of hydrogen-bond acceptors (Lipinski definition) is 3. The lowest BCUT2D eigenvalue weighted by Crippen LogP contribution is -2.45. The molecule has 1 aromatic heterocycles. The zero-order chi connectivity index (χ0) is 21.2. The lowest BCUT2D eigenvalue weighted by atomic mass is 9.90. The van der Waals surface area contributed by atoms with E-state index in [1.54, 1.807) is 24.2 Å². The molecule has 29 heavy (non-hydrogen) atoms. The lowest BCUT2D eigenvalue weighted by Gasteiger charge is -2.37. The molecule has 1 fully saturated rings. The Morgan fingerprint density at radius 3 is 2.59 bits per heavy atom. The van der Waals surface area contributed by atoms with Crippen LogP contribution in [0.15, 0.2) is 36.7 Å². The first-order valence-corrected chi connectivity index (χ1v) is 9.60. The zero-order valence-corrected chi connectivity index (χ0v) is 16.8. The number of alkyl halides is 3. The van der Waals surface area contributed by atoms with Crippen LogP contribution >= 0.6 is 0 Å². The summed E-state index contributed by atoms with van der Waals surface area (Å²) in [6, 6.07) is 4.44. The maximum absolute atomic E-state index is 13.2. The van der Waals surface area contributed by atoms with Gasteiger partial charge in [-0.3, -0.25) is 0 Å². The van der Waals surface area contributed by atoms with Crippen LogP contribution < -0.4 is 5.32 Å². The van der Waals surface area contributed by atoms with Gasteiger partial charge in [-0.1, -0.05) is 0 Å². The standard InChI is InChI=1S/C20H26F3N5O/c1-14(15-7-11-26(2)12-8-15)27(3)19(29)25-17-13-16(20(21,22)23)5-6-18(17)28-10-4-9-24-28/h4-6,9-10,13-15H,7-8,11-12H2,1-3H3,(H,25,29)/t14-/m0/s1. The van der Waals surface area contributed by atoms with Crippen LogP contribution in [0.4, 0.5) is 23.7 Å². The highest BCUT2D eigenvalue weighted by Gasteiger charge is 2.32. The van der Waals surface area contributed by atoms with Gasteiger partial charge in [-0.25, -0.2) is 9.48 Å².